The third-order valence-corrected chi connectivity index (χ3v) is 7.17. The van der Waals surface area contributed by atoms with Gasteiger partial charge in [0.25, 0.3) is 5.56 Å². The summed E-state index contributed by atoms with van der Waals surface area (Å²) in [6.07, 6.45) is 5.63. The number of H-pyrrole nitrogens is 2. The molecule has 7 heteroatoms. The number of hydrogen-bond acceptors (Lipinski definition) is 3. The van der Waals surface area contributed by atoms with E-state index in [4.69, 9.17) is 0 Å². The molecule has 2 aromatic rings. The highest BCUT2D eigenvalue weighted by Crippen LogP contribution is 2.47. The highest BCUT2D eigenvalue weighted by Gasteiger charge is 2.54. The molecule has 1 saturated carbocycles. The summed E-state index contributed by atoms with van der Waals surface area (Å²) in [6, 6.07) is 10.4. The van der Waals surface area contributed by atoms with Crippen LogP contribution in [0.5, 0.6) is 0 Å². The van der Waals surface area contributed by atoms with E-state index in [0.29, 0.717) is 30.5 Å². The third-order valence-electron chi connectivity index (χ3n) is 7.17. The van der Waals surface area contributed by atoms with Crippen LogP contribution in [0.1, 0.15) is 30.4 Å². The molecule has 2 aliphatic heterocycles. The molecular weight excluding hydrogens is 380 g/mol. The number of hydrogen-bond donors (Lipinski definition) is 2. The van der Waals surface area contributed by atoms with Gasteiger partial charge in [-0.1, -0.05) is 30.3 Å². The summed E-state index contributed by atoms with van der Waals surface area (Å²) in [6.45, 7) is 2.83. The van der Waals surface area contributed by atoms with Crippen LogP contribution in [0.2, 0.25) is 0 Å². The van der Waals surface area contributed by atoms with Crippen molar-refractivity contribution in [3.63, 3.8) is 0 Å². The van der Waals surface area contributed by atoms with Crippen LogP contribution in [0.15, 0.2) is 41.3 Å². The van der Waals surface area contributed by atoms with Crippen molar-refractivity contribution >= 4 is 11.8 Å². The summed E-state index contributed by atoms with van der Waals surface area (Å²) in [4.78, 5) is 41.4. The monoisotopic (exact) mass is 408 g/mol. The SMILES string of the molecule is O=C(Cc1c[nH][nH]c1=O)N1C[C@H]2CN(C(=O)C3CC3)C[C@@]2(CCc2ccccc2)C1. The van der Waals surface area contributed by atoms with Gasteiger partial charge in [0.15, 0.2) is 0 Å². The molecule has 0 radical (unpaired) electrons. The van der Waals surface area contributed by atoms with Crippen LogP contribution in [-0.2, 0) is 22.4 Å². The first-order valence-electron chi connectivity index (χ1n) is 10.9. The molecular formula is C23H28N4O3. The zero-order valence-corrected chi connectivity index (χ0v) is 17.1. The predicted molar refractivity (Wildman–Crippen MR) is 112 cm³/mol. The number of rotatable bonds is 6. The van der Waals surface area contributed by atoms with Gasteiger partial charge in [-0.05, 0) is 31.2 Å². The van der Waals surface area contributed by atoms with Crippen molar-refractivity contribution in [2.45, 2.75) is 32.1 Å². The first-order valence-corrected chi connectivity index (χ1v) is 10.9. The topological polar surface area (TPSA) is 89.3 Å². The standard InChI is InChI=1S/C23H28N4O3/c28-20(10-18-11-24-25-21(18)29)26-12-19-13-27(22(30)17-6-7-17)15-23(19,14-26)9-8-16-4-2-1-3-5-16/h1-5,11,17,19H,6-10,12-15H2,(H2,24,25,29)/t19-,23+/m0/s1. The van der Waals surface area contributed by atoms with Gasteiger partial charge in [0.2, 0.25) is 11.8 Å². The molecule has 3 aliphatic rings. The molecule has 7 nitrogen and oxygen atoms in total. The average molecular weight is 409 g/mol. The Labute approximate surface area is 175 Å². The lowest BCUT2D eigenvalue weighted by Crippen LogP contribution is -2.40. The number of likely N-dealkylation sites (tertiary alicyclic amines) is 2. The number of benzene rings is 1. The largest absolute Gasteiger partial charge is 0.341 e. The maximum atomic E-state index is 12.9. The quantitative estimate of drug-likeness (QED) is 0.761. The Balaban J connectivity index is 1.32. The van der Waals surface area contributed by atoms with Crippen LogP contribution in [-0.4, -0.2) is 58.0 Å². The highest BCUT2D eigenvalue weighted by atomic mass is 16.2. The lowest BCUT2D eigenvalue weighted by molar-refractivity contribution is -0.132. The van der Waals surface area contributed by atoms with Gasteiger partial charge in [-0.25, -0.2) is 0 Å². The number of aryl methyl sites for hydroxylation is 1. The highest BCUT2D eigenvalue weighted by molar-refractivity contribution is 5.82. The van der Waals surface area contributed by atoms with E-state index in [0.717, 1.165) is 38.8 Å². The summed E-state index contributed by atoms with van der Waals surface area (Å²) < 4.78 is 0. The van der Waals surface area contributed by atoms with Crippen LogP contribution >= 0.6 is 0 Å². The number of amides is 2. The Morgan fingerprint density at radius 2 is 1.80 bits per heavy atom. The van der Waals surface area contributed by atoms with Crippen molar-refractivity contribution in [3.8, 4) is 0 Å². The molecule has 3 heterocycles. The van der Waals surface area contributed by atoms with Gasteiger partial charge in [0.05, 0.1) is 6.42 Å². The molecule has 1 aromatic heterocycles. The zero-order valence-electron chi connectivity index (χ0n) is 17.1. The lowest BCUT2D eigenvalue weighted by Gasteiger charge is -2.29. The van der Waals surface area contributed by atoms with E-state index < -0.39 is 0 Å². The fourth-order valence-electron chi connectivity index (χ4n) is 5.26. The fourth-order valence-corrected chi connectivity index (χ4v) is 5.26. The second-order valence-electron chi connectivity index (χ2n) is 9.26. The minimum absolute atomic E-state index is 0.00587. The van der Waals surface area contributed by atoms with E-state index in [1.807, 2.05) is 11.0 Å². The molecule has 158 valence electrons. The fraction of sp³-hybridized carbons (Fsp3) is 0.522. The Bertz CT molecular complexity index is 993. The smallest absolute Gasteiger partial charge is 0.267 e. The number of fused-ring (bicyclic) bond motifs is 1. The molecule has 1 aliphatic carbocycles. The Hall–Kier alpha value is -2.83. The average Bonchev–Trinajstić information content (AvgIpc) is 3.30. The first kappa shape index (κ1) is 19.2. The minimum atomic E-state index is -0.234. The van der Waals surface area contributed by atoms with Crippen molar-refractivity contribution in [2.24, 2.45) is 17.3 Å². The van der Waals surface area contributed by atoms with Crippen LogP contribution in [0.25, 0.3) is 0 Å². The molecule has 2 amide bonds. The molecule has 0 spiro atoms. The van der Waals surface area contributed by atoms with E-state index in [2.05, 4.69) is 39.4 Å². The Kier molecular flexibility index (Phi) is 4.76. The lowest BCUT2D eigenvalue weighted by atomic mass is 9.76. The maximum absolute atomic E-state index is 12.9. The third kappa shape index (κ3) is 3.57. The van der Waals surface area contributed by atoms with Crippen molar-refractivity contribution in [2.75, 3.05) is 26.2 Å². The second-order valence-corrected chi connectivity index (χ2v) is 9.26. The Morgan fingerprint density at radius 3 is 2.50 bits per heavy atom. The van der Waals surface area contributed by atoms with Crippen LogP contribution < -0.4 is 5.56 Å². The summed E-state index contributed by atoms with van der Waals surface area (Å²) in [5.41, 5.74) is 1.48. The molecule has 0 bridgehead atoms. The number of nitrogens with zero attached hydrogens (tertiary/aromatic N) is 2. The molecule has 2 saturated heterocycles. The molecule has 5 rings (SSSR count). The summed E-state index contributed by atoms with van der Waals surface area (Å²) in [5, 5.41) is 5.15. The van der Waals surface area contributed by atoms with Gasteiger partial charge in [0, 0.05) is 55.2 Å². The van der Waals surface area contributed by atoms with Gasteiger partial charge >= 0.3 is 0 Å². The van der Waals surface area contributed by atoms with E-state index in [-0.39, 0.29) is 29.2 Å². The van der Waals surface area contributed by atoms with E-state index in [9.17, 15) is 14.4 Å². The normalized spacial score (nSPS) is 25.5. The van der Waals surface area contributed by atoms with Gasteiger partial charge in [-0.2, -0.15) is 0 Å². The first-order chi connectivity index (χ1) is 14.5. The van der Waals surface area contributed by atoms with Crippen LogP contribution in [0, 0.1) is 17.3 Å². The van der Waals surface area contributed by atoms with Crippen molar-refractivity contribution in [3.05, 3.63) is 58.0 Å². The predicted octanol–water partition coefficient (Wildman–Crippen LogP) is 1.58. The number of aromatic nitrogens is 2. The van der Waals surface area contributed by atoms with E-state index in [1.54, 1.807) is 6.20 Å². The second kappa shape index (κ2) is 7.45. The number of carbonyl (C=O) groups is 2. The molecule has 2 atom stereocenters. The summed E-state index contributed by atoms with van der Waals surface area (Å²) in [7, 11) is 0. The number of aromatic amines is 2. The van der Waals surface area contributed by atoms with Crippen molar-refractivity contribution in [1.82, 2.24) is 20.0 Å². The summed E-state index contributed by atoms with van der Waals surface area (Å²) in [5.74, 6) is 0.833. The maximum Gasteiger partial charge on any atom is 0.267 e. The number of nitrogens with one attached hydrogen (secondary N) is 2. The zero-order chi connectivity index (χ0) is 20.7. The molecule has 0 unspecified atom stereocenters. The van der Waals surface area contributed by atoms with Gasteiger partial charge in [-0.3, -0.25) is 19.5 Å². The van der Waals surface area contributed by atoms with Gasteiger partial charge in [-0.15, -0.1) is 0 Å². The number of carbonyl (C=O) groups excluding carboxylic acids is 2. The van der Waals surface area contributed by atoms with Crippen LogP contribution in [0.4, 0.5) is 0 Å². The van der Waals surface area contributed by atoms with Crippen molar-refractivity contribution < 1.29 is 9.59 Å². The molecule has 2 N–H and O–H groups in total. The molecule has 1 aromatic carbocycles. The molecule has 30 heavy (non-hydrogen) atoms. The van der Waals surface area contributed by atoms with E-state index >= 15 is 0 Å². The molecule has 3 fully saturated rings. The summed E-state index contributed by atoms with van der Waals surface area (Å²) >= 11 is 0. The minimum Gasteiger partial charge on any atom is -0.341 e. The van der Waals surface area contributed by atoms with Crippen molar-refractivity contribution in [1.29, 1.82) is 0 Å². The van der Waals surface area contributed by atoms with Gasteiger partial charge in [0.1, 0.15) is 0 Å². The Morgan fingerprint density at radius 1 is 1.07 bits per heavy atom. The van der Waals surface area contributed by atoms with Gasteiger partial charge < -0.3 is 14.9 Å². The van der Waals surface area contributed by atoms with Crippen LogP contribution in [0.3, 0.4) is 0 Å². The van der Waals surface area contributed by atoms with E-state index in [1.165, 1.54) is 5.56 Å².